The Bertz CT molecular complexity index is 932. The van der Waals surface area contributed by atoms with Crippen molar-refractivity contribution in [3.8, 4) is 5.88 Å². The zero-order valence-electron chi connectivity index (χ0n) is 15.9. The van der Waals surface area contributed by atoms with Gasteiger partial charge in [-0.05, 0) is 55.7 Å². The number of rotatable bonds is 3. The number of aromatic nitrogens is 1. The summed E-state index contributed by atoms with van der Waals surface area (Å²) in [7, 11) is 0. The number of aryl methyl sites for hydroxylation is 1. The van der Waals surface area contributed by atoms with Gasteiger partial charge < -0.3 is 15.0 Å². The van der Waals surface area contributed by atoms with Crippen LogP contribution in [0.4, 0.5) is 11.4 Å². The minimum atomic E-state index is 0.167. The van der Waals surface area contributed by atoms with Crippen LogP contribution in [-0.2, 0) is 0 Å². The van der Waals surface area contributed by atoms with E-state index in [2.05, 4.69) is 39.1 Å². The third kappa shape index (κ3) is 3.85. The van der Waals surface area contributed by atoms with Crippen LogP contribution in [0.2, 0.25) is 0 Å². The van der Waals surface area contributed by atoms with Crippen LogP contribution in [-0.4, -0.2) is 29.4 Å². The third-order valence-electron chi connectivity index (χ3n) is 5.46. The number of hydrogen-bond acceptors (Lipinski definition) is 3. The molecule has 1 aliphatic rings. The molecule has 140 valence electrons. The molecule has 0 saturated carbocycles. The van der Waals surface area contributed by atoms with Gasteiger partial charge in [0.1, 0.15) is 0 Å². The summed E-state index contributed by atoms with van der Waals surface area (Å²) in [5.41, 5.74) is 4.98. The minimum absolute atomic E-state index is 0.167. The SMILES string of the molecule is Cc1cccc2[nH]c(O)c(C=Nc3ccc(N4CCCCCCC4)cc3)c12. The molecule has 1 aliphatic heterocycles. The third-order valence-corrected chi connectivity index (χ3v) is 5.46. The first-order valence-electron chi connectivity index (χ1n) is 9.92. The van der Waals surface area contributed by atoms with Gasteiger partial charge in [0.15, 0.2) is 5.88 Å². The van der Waals surface area contributed by atoms with Crippen molar-refractivity contribution in [1.29, 1.82) is 0 Å². The summed E-state index contributed by atoms with van der Waals surface area (Å²) in [6.07, 6.45) is 8.37. The standard InChI is InChI=1S/C23H27N3O/c1-17-8-7-9-21-22(17)20(23(27)25-21)16-24-18-10-12-19(13-11-18)26-14-5-3-2-4-6-15-26/h7-13,16,25,27H,2-6,14-15H2,1H3. The number of nitrogens with one attached hydrogen (secondary N) is 1. The molecule has 0 bridgehead atoms. The van der Waals surface area contributed by atoms with E-state index in [0.717, 1.165) is 40.8 Å². The molecule has 4 nitrogen and oxygen atoms in total. The summed E-state index contributed by atoms with van der Waals surface area (Å²) >= 11 is 0. The van der Waals surface area contributed by atoms with Crippen molar-refractivity contribution in [1.82, 2.24) is 4.98 Å². The molecule has 2 N–H and O–H groups in total. The minimum Gasteiger partial charge on any atom is -0.494 e. The summed E-state index contributed by atoms with van der Waals surface area (Å²) in [4.78, 5) is 10.1. The molecule has 3 aromatic rings. The second-order valence-corrected chi connectivity index (χ2v) is 7.41. The molecule has 0 amide bonds. The lowest BCUT2D eigenvalue weighted by molar-refractivity contribution is 0.457. The Morgan fingerprint density at radius 1 is 0.963 bits per heavy atom. The molecule has 1 aromatic heterocycles. The monoisotopic (exact) mass is 361 g/mol. The van der Waals surface area contributed by atoms with Crippen LogP contribution < -0.4 is 4.90 Å². The maximum atomic E-state index is 10.2. The number of benzene rings is 2. The van der Waals surface area contributed by atoms with Gasteiger partial charge in [-0.1, -0.05) is 31.4 Å². The Balaban J connectivity index is 1.54. The lowest BCUT2D eigenvalue weighted by Gasteiger charge is -2.26. The molecular formula is C23H27N3O. The van der Waals surface area contributed by atoms with E-state index in [1.54, 1.807) is 6.21 Å². The van der Waals surface area contributed by atoms with Crippen LogP contribution in [0, 0.1) is 6.92 Å². The topological polar surface area (TPSA) is 51.6 Å². The Labute approximate surface area is 160 Å². The molecule has 1 fully saturated rings. The van der Waals surface area contributed by atoms with Gasteiger partial charge in [-0.3, -0.25) is 4.99 Å². The van der Waals surface area contributed by atoms with E-state index >= 15 is 0 Å². The number of anilines is 1. The first-order chi connectivity index (χ1) is 13.2. The average molecular weight is 361 g/mol. The lowest BCUT2D eigenvalue weighted by Crippen LogP contribution is -2.26. The summed E-state index contributed by atoms with van der Waals surface area (Å²) < 4.78 is 0. The maximum absolute atomic E-state index is 10.2. The number of hydrogen-bond donors (Lipinski definition) is 2. The van der Waals surface area contributed by atoms with Gasteiger partial charge in [-0.15, -0.1) is 0 Å². The largest absolute Gasteiger partial charge is 0.494 e. The van der Waals surface area contributed by atoms with Crippen LogP contribution in [0.5, 0.6) is 5.88 Å². The first kappa shape index (κ1) is 17.7. The number of fused-ring (bicyclic) bond motifs is 1. The normalized spacial score (nSPS) is 16.0. The fourth-order valence-corrected chi connectivity index (χ4v) is 3.96. The van der Waals surface area contributed by atoms with E-state index in [1.165, 1.54) is 37.8 Å². The number of aromatic amines is 1. The van der Waals surface area contributed by atoms with Crippen molar-refractivity contribution < 1.29 is 5.11 Å². The van der Waals surface area contributed by atoms with E-state index < -0.39 is 0 Å². The van der Waals surface area contributed by atoms with E-state index in [9.17, 15) is 5.11 Å². The zero-order chi connectivity index (χ0) is 18.6. The lowest BCUT2D eigenvalue weighted by atomic mass is 10.1. The molecule has 2 aromatic carbocycles. The van der Waals surface area contributed by atoms with Gasteiger partial charge in [0.05, 0.1) is 11.3 Å². The molecule has 0 radical (unpaired) electrons. The predicted octanol–water partition coefficient (Wildman–Crippen LogP) is 5.70. The Morgan fingerprint density at radius 2 is 1.67 bits per heavy atom. The molecule has 0 atom stereocenters. The van der Waals surface area contributed by atoms with Gasteiger partial charge in [0, 0.05) is 35.9 Å². The number of nitrogens with zero attached hydrogens (tertiary/aromatic N) is 2. The molecule has 27 heavy (non-hydrogen) atoms. The van der Waals surface area contributed by atoms with Gasteiger partial charge in [-0.2, -0.15) is 0 Å². The number of aliphatic imine (C=N–C) groups is 1. The zero-order valence-corrected chi connectivity index (χ0v) is 15.9. The molecule has 1 saturated heterocycles. The second-order valence-electron chi connectivity index (χ2n) is 7.41. The van der Waals surface area contributed by atoms with Crippen molar-refractivity contribution in [3.63, 3.8) is 0 Å². The second kappa shape index (κ2) is 7.87. The van der Waals surface area contributed by atoms with E-state index in [0.29, 0.717) is 0 Å². The molecule has 0 aliphatic carbocycles. The highest BCUT2D eigenvalue weighted by Crippen LogP contribution is 2.29. The molecule has 0 spiro atoms. The number of aromatic hydroxyl groups is 1. The summed E-state index contributed by atoms with van der Waals surface area (Å²) in [5.74, 6) is 0.167. The van der Waals surface area contributed by atoms with Crippen LogP contribution in [0.25, 0.3) is 10.9 Å². The van der Waals surface area contributed by atoms with Crippen molar-refractivity contribution in [2.75, 3.05) is 18.0 Å². The highest BCUT2D eigenvalue weighted by Gasteiger charge is 2.11. The van der Waals surface area contributed by atoms with Crippen LogP contribution in [0.15, 0.2) is 47.5 Å². The van der Waals surface area contributed by atoms with Crippen LogP contribution in [0.3, 0.4) is 0 Å². The highest BCUT2D eigenvalue weighted by atomic mass is 16.3. The highest BCUT2D eigenvalue weighted by molar-refractivity contribution is 6.04. The fourth-order valence-electron chi connectivity index (χ4n) is 3.96. The van der Waals surface area contributed by atoms with Crippen molar-refractivity contribution in [2.45, 2.75) is 39.0 Å². The number of H-pyrrole nitrogens is 1. The van der Waals surface area contributed by atoms with Crippen LogP contribution >= 0.6 is 0 Å². The summed E-state index contributed by atoms with van der Waals surface area (Å²) in [6, 6.07) is 14.4. The average Bonchev–Trinajstić information content (AvgIpc) is 2.97. The van der Waals surface area contributed by atoms with Crippen molar-refractivity contribution >= 4 is 28.5 Å². The van der Waals surface area contributed by atoms with Crippen molar-refractivity contribution in [3.05, 3.63) is 53.6 Å². The molecule has 4 rings (SSSR count). The quantitative estimate of drug-likeness (QED) is 0.588. The Kier molecular flexibility index (Phi) is 5.14. The summed E-state index contributed by atoms with van der Waals surface area (Å²) in [5, 5.41) is 11.3. The molecule has 0 unspecified atom stereocenters. The summed E-state index contributed by atoms with van der Waals surface area (Å²) in [6.45, 7) is 4.33. The predicted molar refractivity (Wildman–Crippen MR) is 114 cm³/mol. The maximum Gasteiger partial charge on any atom is 0.198 e. The smallest absolute Gasteiger partial charge is 0.198 e. The van der Waals surface area contributed by atoms with E-state index in [-0.39, 0.29) is 5.88 Å². The molecule has 2 heterocycles. The van der Waals surface area contributed by atoms with Gasteiger partial charge in [0.25, 0.3) is 0 Å². The van der Waals surface area contributed by atoms with Crippen molar-refractivity contribution in [2.24, 2.45) is 4.99 Å². The van der Waals surface area contributed by atoms with Gasteiger partial charge in [0.2, 0.25) is 0 Å². The van der Waals surface area contributed by atoms with Gasteiger partial charge >= 0.3 is 0 Å². The Morgan fingerprint density at radius 3 is 2.41 bits per heavy atom. The van der Waals surface area contributed by atoms with E-state index in [4.69, 9.17) is 0 Å². The van der Waals surface area contributed by atoms with E-state index in [1.807, 2.05) is 25.1 Å². The van der Waals surface area contributed by atoms with Gasteiger partial charge in [-0.25, -0.2) is 0 Å². The Hall–Kier alpha value is -2.75. The van der Waals surface area contributed by atoms with Crippen LogP contribution in [0.1, 0.15) is 43.2 Å². The first-order valence-corrected chi connectivity index (χ1v) is 9.92. The molecule has 4 heteroatoms. The molecular weight excluding hydrogens is 334 g/mol. The fraction of sp³-hybridized carbons (Fsp3) is 0.348.